The fourth-order valence-electron chi connectivity index (χ4n) is 1.84. The predicted molar refractivity (Wildman–Crippen MR) is 65.6 cm³/mol. The lowest BCUT2D eigenvalue weighted by molar-refractivity contribution is -0.113. The Bertz CT molecular complexity index is 445. The molecule has 0 saturated carbocycles. The molecule has 1 aliphatic heterocycles. The highest BCUT2D eigenvalue weighted by Crippen LogP contribution is 2.41. The maximum absolute atomic E-state index is 10.8. The molecule has 0 bridgehead atoms. The van der Waals surface area contributed by atoms with Crippen LogP contribution in [0.1, 0.15) is 5.56 Å². The van der Waals surface area contributed by atoms with Crippen molar-refractivity contribution in [2.45, 2.75) is 12.5 Å². The normalized spacial score (nSPS) is 16.6. The van der Waals surface area contributed by atoms with Crippen molar-refractivity contribution in [3.05, 3.63) is 17.7 Å². The lowest BCUT2D eigenvalue weighted by Gasteiger charge is -2.12. The van der Waals surface area contributed by atoms with E-state index in [2.05, 4.69) is 0 Å². The molecule has 1 aliphatic rings. The third-order valence-corrected chi connectivity index (χ3v) is 2.62. The van der Waals surface area contributed by atoms with Crippen LogP contribution < -0.4 is 14.2 Å². The van der Waals surface area contributed by atoms with Gasteiger partial charge in [0, 0.05) is 32.3 Å². The molecule has 104 valence electrons. The van der Waals surface area contributed by atoms with Crippen molar-refractivity contribution in [1.29, 1.82) is 0 Å². The number of aldehydes is 1. The summed E-state index contributed by atoms with van der Waals surface area (Å²) >= 11 is 0. The molecule has 1 heterocycles. The second kappa shape index (κ2) is 6.40. The van der Waals surface area contributed by atoms with E-state index in [0.717, 1.165) is 11.8 Å². The van der Waals surface area contributed by atoms with Gasteiger partial charge in [-0.1, -0.05) is 0 Å². The molecule has 0 aromatic heterocycles. The van der Waals surface area contributed by atoms with Crippen LogP contribution in [0.25, 0.3) is 0 Å². The summed E-state index contributed by atoms with van der Waals surface area (Å²) in [6.07, 6.45) is 0.805. The van der Waals surface area contributed by atoms with Crippen LogP contribution in [0.2, 0.25) is 0 Å². The smallest absolute Gasteiger partial charge is 0.188 e. The molecule has 19 heavy (non-hydrogen) atoms. The first-order valence-corrected chi connectivity index (χ1v) is 5.80. The summed E-state index contributed by atoms with van der Waals surface area (Å²) in [7, 11) is 3.07. The Morgan fingerprint density at radius 1 is 1.26 bits per heavy atom. The lowest BCUT2D eigenvalue weighted by atomic mass is 10.1. The van der Waals surface area contributed by atoms with Crippen molar-refractivity contribution < 1.29 is 28.5 Å². The second-order valence-corrected chi connectivity index (χ2v) is 4.01. The first kappa shape index (κ1) is 13.6. The number of hydrogen-bond acceptors (Lipinski definition) is 6. The third kappa shape index (κ3) is 3.15. The van der Waals surface area contributed by atoms with Gasteiger partial charge in [-0.25, -0.2) is 0 Å². The SMILES string of the molecule is COCOc1cc2c(c(OCOC)c1)OC(C=O)C2. The van der Waals surface area contributed by atoms with Crippen LogP contribution in [-0.2, 0) is 20.7 Å². The number of hydrogen-bond donors (Lipinski definition) is 0. The highest BCUT2D eigenvalue weighted by molar-refractivity contribution is 5.64. The molecule has 0 amide bonds. The molecule has 0 N–H and O–H groups in total. The van der Waals surface area contributed by atoms with Gasteiger partial charge in [-0.3, -0.25) is 4.79 Å². The van der Waals surface area contributed by atoms with Gasteiger partial charge in [-0.15, -0.1) is 0 Å². The van der Waals surface area contributed by atoms with E-state index >= 15 is 0 Å². The van der Waals surface area contributed by atoms with E-state index in [0.29, 0.717) is 23.7 Å². The van der Waals surface area contributed by atoms with Gasteiger partial charge in [0.05, 0.1) is 0 Å². The molecule has 0 saturated heterocycles. The minimum Gasteiger partial charge on any atom is -0.478 e. The average Bonchev–Trinajstić information content (AvgIpc) is 2.85. The zero-order valence-electron chi connectivity index (χ0n) is 10.9. The van der Waals surface area contributed by atoms with Gasteiger partial charge in [-0.05, 0) is 6.07 Å². The van der Waals surface area contributed by atoms with Crippen LogP contribution >= 0.6 is 0 Å². The Balaban J connectivity index is 2.24. The monoisotopic (exact) mass is 268 g/mol. The van der Waals surface area contributed by atoms with Gasteiger partial charge < -0.3 is 23.7 Å². The molecule has 0 fully saturated rings. The van der Waals surface area contributed by atoms with Gasteiger partial charge in [0.1, 0.15) is 5.75 Å². The van der Waals surface area contributed by atoms with E-state index in [-0.39, 0.29) is 13.6 Å². The first-order chi connectivity index (χ1) is 9.28. The van der Waals surface area contributed by atoms with Gasteiger partial charge >= 0.3 is 0 Å². The lowest BCUT2D eigenvalue weighted by Crippen LogP contribution is -2.13. The van der Waals surface area contributed by atoms with Gasteiger partial charge in [0.25, 0.3) is 0 Å². The summed E-state index contributed by atoms with van der Waals surface area (Å²) in [5.74, 6) is 1.66. The average molecular weight is 268 g/mol. The van der Waals surface area contributed by atoms with E-state index in [1.54, 1.807) is 13.2 Å². The molecule has 1 atom stereocenters. The number of carbonyl (C=O) groups excluding carboxylic acids is 1. The molecule has 6 heteroatoms. The number of ether oxygens (including phenoxy) is 5. The van der Waals surface area contributed by atoms with Gasteiger partial charge in [0.2, 0.25) is 0 Å². The minimum absolute atomic E-state index is 0.0925. The fraction of sp³-hybridized carbons (Fsp3) is 0.462. The Hall–Kier alpha value is -1.79. The summed E-state index contributed by atoms with van der Waals surface area (Å²) in [6.45, 7) is 0.232. The van der Waals surface area contributed by atoms with E-state index in [1.165, 1.54) is 7.11 Å². The topological polar surface area (TPSA) is 63.2 Å². The molecular weight excluding hydrogens is 252 g/mol. The fourth-order valence-corrected chi connectivity index (χ4v) is 1.84. The number of fused-ring (bicyclic) bond motifs is 1. The molecule has 6 nitrogen and oxygen atoms in total. The van der Waals surface area contributed by atoms with E-state index < -0.39 is 6.10 Å². The Morgan fingerprint density at radius 3 is 2.68 bits per heavy atom. The van der Waals surface area contributed by atoms with Crippen molar-refractivity contribution in [3.8, 4) is 17.2 Å². The molecule has 0 aliphatic carbocycles. The molecule has 2 rings (SSSR count). The van der Waals surface area contributed by atoms with E-state index in [9.17, 15) is 4.79 Å². The van der Waals surface area contributed by atoms with Crippen LogP contribution in [0, 0.1) is 0 Å². The number of carbonyl (C=O) groups is 1. The van der Waals surface area contributed by atoms with Crippen LogP contribution in [-0.4, -0.2) is 40.2 Å². The molecule has 1 aromatic carbocycles. The molecule has 0 spiro atoms. The Labute approximate surface area is 111 Å². The van der Waals surface area contributed by atoms with E-state index in [4.69, 9.17) is 23.7 Å². The third-order valence-electron chi connectivity index (χ3n) is 2.62. The maximum Gasteiger partial charge on any atom is 0.188 e. The van der Waals surface area contributed by atoms with Crippen molar-refractivity contribution >= 4 is 6.29 Å². The standard InChI is InChI=1S/C13H16O6/c1-15-7-17-10-3-9-4-11(6-14)19-13(9)12(5-10)18-8-16-2/h3,5-6,11H,4,7-8H2,1-2H3. The van der Waals surface area contributed by atoms with Crippen molar-refractivity contribution in [1.82, 2.24) is 0 Å². The highest BCUT2D eigenvalue weighted by Gasteiger charge is 2.27. The van der Waals surface area contributed by atoms with Crippen LogP contribution in [0.4, 0.5) is 0 Å². The Kier molecular flexibility index (Phi) is 4.59. The van der Waals surface area contributed by atoms with Gasteiger partial charge in [-0.2, -0.15) is 0 Å². The van der Waals surface area contributed by atoms with Gasteiger partial charge in [0.15, 0.2) is 37.5 Å². The number of methoxy groups -OCH3 is 2. The Morgan fingerprint density at radius 2 is 2.00 bits per heavy atom. The van der Waals surface area contributed by atoms with Crippen molar-refractivity contribution in [3.63, 3.8) is 0 Å². The molecule has 1 unspecified atom stereocenters. The van der Waals surface area contributed by atoms with Crippen molar-refractivity contribution in [2.24, 2.45) is 0 Å². The van der Waals surface area contributed by atoms with Crippen molar-refractivity contribution in [2.75, 3.05) is 27.8 Å². The van der Waals surface area contributed by atoms with Crippen LogP contribution in [0.5, 0.6) is 17.2 Å². The summed E-state index contributed by atoms with van der Waals surface area (Å²) in [5.41, 5.74) is 0.872. The number of benzene rings is 1. The molecule has 0 radical (unpaired) electrons. The summed E-state index contributed by atoms with van der Waals surface area (Å²) < 4.78 is 26.0. The summed E-state index contributed by atoms with van der Waals surface area (Å²) in [4.78, 5) is 10.8. The van der Waals surface area contributed by atoms with E-state index in [1.807, 2.05) is 6.07 Å². The zero-order chi connectivity index (χ0) is 13.7. The molecule has 1 aromatic rings. The number of rotatable bonds is 7. The quantitative estimate of drug-likeness (QED) is 0.546. The molecular formula is C13H16O6. The predicted octanol–water partition coefficient (Wildman–Crippen LogP) is 1.15. The first-order valence-electron chi connectivity index (χ1n) is 5.80. The zero-order valence-corrected chi connectivity index (χ0v) is 10.9. The minimum atomic E-state index is -0.474. The summed E-state index contributed by atoms with van der Waals surface area (Å²) in [6, 6.07) is 3.50. The highest BCUT2D eigenvalue weighted by atomic mass is 16.7. The largest absolute Gasteiger partial charge is 0.478 e. The second-order valence-electron chi connectivity index (χ2n) is 4.01. The van der Waals surface area contributed by atoms with Crippen LogP contribution in [0.15, 0.2) is 12.1 Å². The maximum atomic E-state index is 10.8. The van der Waals surface area contributed by atoms with Crippen LogP contribution in [0.3, 0.4) is 0 Å². The summed E-state index contributed by atoms with van der Waals surface area (Å²) in [5, 5.41) is 0.